The molecule has 4 heteroatoms. The van der Waals surface area contributed by atoms with Crippen molar-refractivity contribution in [1.82, 2.24) is 5.32 Å². The van der Waals surface area contributed by atoms with Crippen molar-refractivity contribution in [1.29, 1.82) is 0 Å². The van der Waals surface area contributed by atoms with Crippen LogP contribution in [0.3, 0.4) is 0 Å². The van der Waals surface area contributed by atoms with Crippen molar-refractivity contribution >= 4 is 23.1 Å². The van der Waals surface area contributed by atoms with Crippen LogP contribution >= 0.6 is 12.2 Å². The fourth-order valence-corrected chi connectivity index (χ4v) is 2.58. The van der Waals surface area contributed by atoms with Crippen molar-refractivity contribution in [2.24, 2.45) is 11.7 Å². The maximum Gasteiger partial charge on any atom is 0.230 e. The molecule has 1 aliphatic rings. The topological polar surface area (TPSA) is 55.1 Å². The third-order valence-corrected chi connectivity index (χ3v) is 3.65. The Morgan fingerprint density at radius 1 is 1.50 bits per heavy atom. The van der Waals surface area contributed by atoms with Gasteiger partial charge in [0.1, 0.15) is 0 Å². The minimum absolute atomic E-state index is 0.0127. The molecule has 0 aromatic rings. The number of amides is 1. The predicted octanol–water partition coefficient (Wildman–Crippen LogP) is 2.14. The van der Waals surface area contributed by atoms with E-state index in [2.05, 4.69) is 12.2 Å². The number of nitrogens with one attached hydrogen (secondary N) is 1. The molecule has 1 rings (SSSR count). The number of hydrogen-bond donors (Lipinski definition) is 2. The van der Waals surface area contributed by atoms with Crippen molar-refractivity contribution in [3.8, 4) is 0 Å². The summed E-state index contributed by atoms with van der Waals surface area (Å²) in [7, 11) is 0. The summed E-state index contributed by atoms with van der Waals surface area (Å²) in [5.74, 6) is -0.281. The van der Waals surface area contributed by atoms with Gasteiger partial charge in [-0.3, -0.25) is 4.79 Å². The van der Waals surface area contributed by atoms with Crippen LogP contribution in [-0.2, 0) is 4.79 Å². The highest BCUT2D eigenvalue weighted by Gasteiger charge is 2.32. The lowest BCUT2D eigenvalue weighted by Crippen LogP contribution is -2.48. The van der Waals surface area contributed by atoms with Crippen molar-refractivity contribution in [3.63, 3.8) is 0 Å². The molecular weight excluding hydrogens is 220 g/mol. The highest BCUT2D eigenvalue weighted by molar-refractivity contribution is 7.80. The maximum absolute atomic E-state index is 12.1. The van der Waals surface area contributed by atoms with Crippen molar-refractivity contribution in [2.45, 2.75) is 57.9 Å². The van der Waals surface area contributed by atoms with Gasteiger partial charge in [0.05, 0.1) is 10.9 Å². The van der Waals surface area contributed by atoms with Gasteiger partial charge in [0.2, 0.25) is 5.91 Å². The van der Waals surface area contributed by atoms with Gasteiger partial charge < -0.3 is 11.1 Å². The second-order valence-electron chi connectivity index (χ2n) is 5.00. The van der Waals surface area contributed by atoms with E-state index in [-0.39, 0.29) is 17.4 Å². The number of thiocarbonyl (C=S) groups is 1. The van der Waals surface area contributed by atoms with Crippen LogP contribution in [0.5, 0.6) is 0 Å². The van der Waals surface area contributed by atoms with Gasteiger partial charge in [-0.1, -0.05) is 38.4 Å². The molecule has 1 amide bonds. The summed E-state index contributed by atoms with van der Waals surface area (Å²) in [6.07, 6.45) is 6.19. The van der Waals surface area contributed by atoms with Crippen LogP contribution in [0.15, 0.2) is 0 Å². The van der Waals surface area contributed by atoms with E-state index in [1.165, 1.54) is 12.8 Å². The van der Waals surface area contributed by atoms with Crippen molar-refractivity contribution < 1.29 is 4.79 Å². The zero-order chi connectivity index (χ0) is 12.2. The second kappa shape index (κ2) is 5.62. The van der Waals surface area contributed by atoms with E-state index < -0.39 is 0 Å². The Balaban J connectivity index is 2.57. The SMILES string of the molecule is CCCC(C(=O)NC1(C)CCCC1)C(N)=S. The lowest BCUT2D eigenvalue weighted by molar-refractivity contribution is -0.124. The molecule has 0 aromatic heterocycles. The maximum atomic E-state index is 12.1. The fourth-order valence-electron chi connectivity index (χ4n) is 2.36. The van der Waals surface area contributed by atoms with Gasteiger partial charge in [-0.25, -0.2) is 0 Å². The van der Waals surface area contributed by atoms with Gasteiger partial charge in [0.25, 0.3) is 0 Å². The van der Waals surface area contributed by atoms with Crippen LogP contribution in [0.2, 0.25) is 0 Å². The summed E-state index contributed by atoms with van der Waals surface area (Å²) in [4.78, 5) is 12.4. The van der Waals surface area contributed by atoms with E-state index in [1.807, 2.05) is 6.92 Å². The highest BCUT2D eigenvalue weighted by atomic mass is 32.1. The van der Waals surface area contributed by atoms with Gasteiger partial charge in [0.15, 0.2) is 0 Å². The van der Waals surface area contributed by atoms with Crippen LogP contribution in [0, 0.1) is 5.92 Å². The van der Waals surface area contributed by atoms with Crippen LogP contribution in [0.25, 0.3) is 0 Å². The average Bonchev–Trinajstić information content (AvgIpc) is 2.60. The molecule has 0 aromatic carbocycles. The average molecular weight is 242 g/mol. The van der Waals surface area contributed by atoms with Crippen LogP contribution in [-0.4, -0.2) is 16.4 Å². The molecule has 1 unspecified atom stereocenters. The first kappa shape index (κ1) is 13.4. The second-order valence-corrected chi connectivity index (χ2v) is 5.47. The van der Waals surface area contributed by atoms with Gasteiger partial charge in [0, 0.05) is 5.54 Å². The molecule has 1 saturated carbocycles. The number of carbonyl (C=O) groups is 1. The quantitative estimate of drug-likeness (QED) is 0.726. The number of carbonyl (C=O) groups excluding carboxylic acids is 1. The zero-order valence-corrected chi connectivity index (χ0v) is 11.0. The van der Waals surface area contributed by atoms with Crippen LogP contribution in [0.1, 0.15) is 52.4 Å². The Morgan fingerprint density at radius 2 is 2.06 bits per heavy atom. The van der Waals surface area contributed by atoms with Gasteiger partial charge >= 0.3 is 0 Å². The molecule has 0 saturated heterocycles. The Morgan fingerprint density at radius 3 is 2.50 bits per heavy atom. The molecule has 1 aliphatic carbocycles. The summed E-state index contributed by atoms with van der Waals surface area (Å²) in [6, 6.07) is 0. The molecule has 0 heterocycles. The van der Waals surface area contributed by atoms with Crippen molar-refractivity contribution in [3.05, 3.63) is 0 Å². The molecule has 0 spiro atoms. The number of nitrogens with two attached hydrogens (primary N) is 1. The first-order valence-corrected chi connectivity index (χ1v) is 6.50. The van der Waals surface area contributed by atoms with E-state index in [0.717, 1.165) is 25.7 Å². The molecule has 16 heavy (non-hydrogen) atoms. The molecule has 0 aliphatic heterocycles. The zero-order valence-electron chi connectivity index (χ0n) is 10.2. The molecule has 3 N–H and O–H groups in total. The molecule has 0 bridgehead atoms. The minimum Gasteiger partial charge on any atom is -0.393 e. The van der Waals surface area contributed by atoms with E-state index in [1.54, 1.807) is 0 Å². The summed E-state index contributed by atoms with van der Waals surface area (Å²) in [5, 5.41) is 3.12. The van der Waals surface area contributed by atoms with Crippen LogP contribution < -0.4 is 11.1 Å². The molecular formula is C12H22N2OS. The van der Waals surface area contributed by atoms with Gasteiger partial charge in [-0.2, -0.15) is 0 Å². The highest BCUT2D eigenvalue weighted by Crippen LogP contribution is 2.29. The summed E-state index contributed by atoms with van der Waals surface area (Å²) >= 11 is 4.95. The third-order valence-electron chi connectivity index (χ3n) is 3.37. The number of hydrogen-bond acceptors (Lipinski definition) is 2. The standard InChI is InChI=1S/C12H22N2OS/c1-3-6-9(10(13)16)11(15)14-12(2)7-4-5-8-12/h9H,3-8H2,1-2H3,(H2,13,16)(H,14,15). The summed E-state index contributed by atoms with van der Waals surface area (Å²) in [5.41, 5.74) is 5.58. The van der Waals surface area contributed by atoms with Gasteiger partial charge in [-0.05, 0) is 26.2 Å². The van der Waals surface area contributed by atoms with E-state index in [4.69, 9.17) is 18.0 Å². The summed E-state index contributed by atoms with van der Waals surface area (Å²) in [6.45, 7) is 4.15. The molecule has 1 atom stereocenters. The van der Waals surface area contributed by atoms with Crippen molar-refractivity contribution in [2.75, 3.05) is 0 Å². The summed E-state index contributed by atoms with van der Waals surface area (Å²) < 4.78 is 0. The normalized spacial score (nSPS) is 20.4. The molecule has 1 fully saturated rings. The Labute approximate surface area is 103 Å². The van der Waals surface area contributed by atoms with E-state index >= 15 is 0 Å². The Hall–Kier alpha value is -0.640. The first-order chi connectivity index (χ1) is 7.48. The van der Waals surface area contributed by atoms with Gasteiger partial charge in [-0.15, -0.1) is 0 Å². The molecule has 3 nitrogen and oxygen atoms in total. The lowest BCUT2D eigenvalue weighted by Gasteiger charge is -2.27. The monoisotopic (exact) mass is 242 g/mol. The molecule has 0 radical (unpaired) electrons. The predicted molar refractivity (Wildman–Crippen MR) is 70.2 cm³/mol. The smallest absolute Gasteiger partial charge is 0.230 e. The minimum atomic E-state index is -0.294. The van der Waals surface area contributed by atoms with Crippen LogP contribution in [0.4, 0.5) is 0 Å². The fraction of sp³-hybridized carbons (Fsp3) is 0.833. The Bertz CT molecular complexity index is 272. The number of rotatable bonds is 5. The molecule has 92 valence electrons. The van der Waals surface area contributed by atoms with E-state index in [9.17, 15) is 4.79 Å². The first-order valence-electron chi connectivity index (χ1n) is 6.10. The van der Waals surface area contributed by atoms with E-state index in [0.29, 0.717) is 4.99 Å². The lowest BCUT2D eigenvalue weighted by atomic mass is 9.97. The largest absolute Gasteiger partial charge is 0.393 e. The Kier molecular flexibility index (Phi) is 4.71. The third kappa shape index (κ3) is 3.44.